The molecule has 0 radical (unpaired) electrons. The highest BCUT2D eigenvalue weighted by Gasteiger charge is 2.33. The van der Waals surface area contributed by atoms with Crippen LogP contribution in [0.25, 0.3) is 0 Å². The molecule has 0 spiro atoms. The fraction of sp³-hybridized carbons (Fsp3) is 0.333. The fourth-order valence-corrected chi connectivity index (χ4v) is 3.97. The van der Waals surface area contributed by atoms with Crippen LogP contribution in [0.2, 0.25) is 10.0 Å². The molecule has 1 aliphatic heterocycles. The summed E-state index contributed by atoms with van der Waals surface area (Å²) in [7, 11) is 0. The molecule has 1 saturated heterocycles. The number of guanidine groups is 1. The second-order valence-corrected chi connectivity index (χ2v) is 8.53. The van der Waals surface area contributed by atoms with Gasteiger partial charge in [0, 0.05) is 28.7 Å². The maximum absolute atomic E-state index is 13.8. The third-order valence-corrected chi connectivity index (χ3v) is 5.98. The topological polar surface area (TPSA) is 77.5 Å². The molecule has 164 valence electrons. The monoisotopic (exact) mass is 467 g/mol. The van der Waals surface area contributed by atoms with Crippen LogP contribution >= 0.6 is 23.2 Å². The number of carbonyl (C=O) groups is 1. The molecule has 2 aromatic carbocycles. The van der Waals surface area contributed by atoms with Gasteiger partial charge in [0.1, 0.15) is 17.8 Å². The summed E-state index contributed by atoms with van der Waals surface area (Å²) in [5.41, 5.74) is 6.75. The molecule has 2 aromatic rings. The van der Waals surface area contributed by atoms with Gasteiger partial charge in [0.2, 0.25) is 5.96 Å². The van der Waals surface area contributed by atoms with Gasteiger partial charge in [0.15, 0.2) is 0 Å². The quantitative estimate of drug-likeness (QED) is 0.395. The molecule has 6 nitrogen and oxygen atoms in total. The number of hydrogen-bond donors (Lipinski definition) is 4. The molecule has 1 aliphatic carbocycles. The van der Waals surface area contributed by atoms with Gasteiger partial charge in [-0.05, 0) is 55.2 Å². The number of nitrogens with one attached hydrogen (secondary N) is 4. The molecule has 1 amide bonds. The van der Waals surface area contributed by atoms with Crippen molar-refractivity contribution in [2.45, 2.75) is 37.9 Å². The standard InChI is InChI=1S/C21H21Cl2F2N5O/c22-13-7-14(24)9-15(8-13)26-21(27-19-10-18(29-30-19)11-2-1-3-11)28-20(31)12-4-5-16(23)17(25)6-12/h4-9,11,18-19,29-30H,1-3,10H2,(H2,26,27,28,31). The number of benzene rings is 2. The number of anilines is 1. The summed E-state index contributed by atoms with van der Waals surface area (Å²) in [6.45, 7) is 0. The summed E-state index contributed by atoms with van der Waals surface area (Å²) in [6, 6.07) is 7.95. The molecule has 2 fully saturated rings. The van der Waals surface area contributed by atoms with Crippen molar-refractivity contribution < 1.29 is 13.6 Å². The lowest BCUT2D eigenvalue weighted by Gasteiger charge is -2.30. The summed E-state index contributed by atoms with van der Waals surface area (Å²) >= 11 is 11.6. The van der Waals surface area contributed by atoms with Gasteiger partial charge in [-0.1, -0.05) is 29.6 Å². The van der Waals surface area contributed by atoms with Crippen LogP contribution in [-0.2, 0) is 0 Å². The van der Waals surface area contributed by atoms with Gasteiger partial charge in [0.25, 0.3) is 5.91 Å². The maximum Gasteiger partial charge on any atom is 0.258 e. The van der Waals surface area contributed by atoms with Gasteiger partial charge in [-0.25, -0.2) is 19.2 Å². The third-order valence-electron chi connectivity index (χ3n) is 5.46. The molecule has 2 unspecified atom stereocenters. The van der Waals surface area contributed by atoms with Gasteiger partial charge >= 0.3 is 0 Å². The second-order valence-electron chi connectivity index (χ2n) is 7.68. The lowest BCUT2D eigenvalue weighted by molar-refractivity contribution is 0.0976. The van der Waals surface area contributed by atoms with Crippen molar-refractivity contribution in [3.8, 4) is 0 Å². The van der Waals surface area contributed by atoms with Crippen molar-refractivity contribution in [2.75, 3.05) is 5.32 Å². The zero-order valence-electron chi connectivity index (χ0n) is 16.4. The highest BCUT2D eigenvalue weighted by Crippen LogP contribution is 2.32. The summed E-state index contributed by atoms with van der Waals surface area (Å²) in [4.78, 5) is 17.2. The summed E-state index contributed by atoms with van der Waals surface area (Å²) in [5, 5.41) is 5.63. The van der Waals surface area contributed by atoms with Crippen molar-refractivity contribution in [2.24, 2.45) is 10.9 Å². The minimum atomic E-state index is -0.706. The average Bonchev–Trinajstić information content (AvgIpc) is 3.09. The summed E-state index contributed by atoms with van der Waals surface area (Å²) in [6.07, 6.45) is 4.03. The normalized spacial score (nSPS) is 21.6. The Bertz CT molecular complexity index is 995. The first-order chi connectivity index (χ1) is 14.9. The zero-order chi connectivity index (χ0) is 22.0. The number of amides is 1. The highest BCUT2D eigenvalue weighted by atomic mass is 35.5. The molecule has 2 aliphatic rings. The van der Waals surface area contributed by atoms with E-state index in [1.165, 1.54) is 49.6 Å². The summed E-state index contributed by atoms with van der Waals surface area (Å²) in [5.74, 6) is -1.15. The van der Waals surface area contributed by atoms with Crippen molar-refractivity contribution in [1.82, 2.24) is 16.2 Å². The molecule has 0 aromatic heterocycles. The van der Waals surface area contributed by atoms with E-state index in [-0.39, 0.29) is 27.7 Å². The lowest BCUT2D eigenvalue weighted by Crippen LogP contribution is -2.40. The van der Waals surface area contributed by atoms with E-state index in [4.69, 9.17) is 23.2 Å². The third kappa shape index (κ3) is 5.51. The van der Waals surface area contributed by atoms with E-state index in [1.54, 1.807) is 0 Å². The van der Waals surface area contributed by atoms with E-state index in [9.17, 15) is 13.6 Å². The van der Waals surface area contributed by atoms with E-state index in [1.807, 2.05) is 0 Å². The van der Waals surface area contributed by atoms with Crippen molar-refractivity contribution in [3.63, 3.8) is 0 Å². The SMILES string of the molecule is O=C(NC(=NC1CC(C2CCC2)NN1)Nc1cc(F)cc(Cl)c1)c1ccc(Cl)c(F)c1. The Kier molecular flexibility index (Phi) is 6.71. The first kappa shape index (κ1) is 22.0. The predicted molar refractivity (Wildman–Crippen MR) is 117 cm³/mol. The summed E-state index contributed by atoms with van der Waals surface area (Å²) < 4.78 is 27.5. The first-order valence-electron chi connectivity index (χ1n) is 9.96. The minimum Gasteiger partial charge on any atom is -0.326 e. The molecular weight excluding hydrogens is 447 g/mol. The van der Waals surface area contributed by atoms with E-state index in [0.717, 1.165) is 12.5 Å². The van der Waals surface area contributed by atoms with Gasteiger partial charge in [-0.2, -0.15) is 0 Å². The lowest BCUT2D eigenvalue weighted by atomic mass is 9.79. The van der Waals surface area contributed by atoms with Gasteiger partial charge in [-0.3, -0.25) is 15.5 Å². The molecular formula is C21H21Cl2F2N5O. The number of aliphatic imine (C=N–C) groups is 1. The Labute approximate surface area is 188 Å². The first-order valence-corrected chi connectivity index (χ1v) is 10.7. The molecule has 1 heterocycles. The van der Waals surface area contributed by atoms with Crippen LogP contribution in [0.4, 0.5) is 14.5 Å². The largest absolute Gasteiger partial charge is 0.326 e. The van der Waals surface area contributed by atoms with Crippen LogP contribution in [0.3, 0.4) is 0 Å². The van der Waals surface area contributed by atoms with Crippen molar-refractivity contribution in [3.05, 3.63) is 63.6 Å². The van der Waals surface area contributed by atoms with E-state index in [0.29, 0.717) is 17.6 Å². The molecule has 4 N–H and O–H groups in total. The van der Waals surface area contributed by atoms with Gasteiger partial charge in [-0.15, -0.1) is 0 Å². The van der Waals surface area contributed by atoms with Crippen LogP contribution in [0.1, 0.15) is 36.0 Å². The van der Waals surface area contributed by atoms with Gasteiger partial charge in [0.05, 0.1) is 5.02 Å². The number of hydrazine groups is 1. The maximum atomic E-state index is 13.8. The number of rotatable bonds is 4. The average molecular weight is 468 g/mol. The second kappa shape index (κ2) is 9.48. The molecule has 2 atom stereocenters. The molecule has 4 rings (SSSR count). The van der Waals surface area contributed by atoms with E-state index in [2.05, 4.69) is 26.5 Å². The molecule has 10 heteroatoms. The van der Waals surface area contributed by atoms with Crippen LogP contribution in [-0.4, -0.2) is 24.1 Å². The zero-order valence-corrected chi connectivity index (χ0v) is 17.9. The smallest absolute Gasteiger partial charge is 0.258 e. The predicted octanol–water partition coefficient (Wildman–Crippen LogP) is 4.46. The number of halogens is 4. The van der Waals surface area contributed by atoms with Crippen LogP contribution < -0.4 is 21.5 Å². The molecule has 0 bridgehead atoms. The van der Waals surface area contributed by atoms with E-state index < -0.39 is 17.5 Å². The van der Waals surface area contributed by atoms with Crippen molar-refractivity contribution >= 4 is 40.8 Å². The van der Waals surface area contributed by atoms with Crippen molar-refractivity contribution in [1.29, 1.82) is 0 Å². The number of hydrogen-bond acceptors (Lipinski definition) is 4. The fourth-order valence-electron chi connectivity index (χ4n) is 3.63. The van der Waals surface area contributed by atoms with E-state index >= 15 is 0 Å². The highest BCUT2D eigenvalue weighted by molar-refractivity contribution is 6.31. The number of nitrogens with zero attached hydrogens (tertiary/aromatic N) is 1. The van der Waals surface area contributed by atoms with Gasteiger partial charge < -0.3 is 5.32 Å². The Balaban J connectivity index is 1.54. The van der Waals surface area contributed by atoms with Crippen LogP contribution in [0, 0.1) is 17.6 Å². The Hall–Kier alpha value is -2.26. The Morgan fingerprint density at radius 3 is 2.58 bits per heavy atom. The Morgan fingerprint density at radius 1 is 1.10 bits per heavy atom. The molecule has 31 heavy (non-hydrogen) atoms. The van der Waals surface area contributed by atoms with Crippen LogP contribution in [0.15, 0.2) is 41.4 Å². The number of carbonyl (C=O) groups excluding carboxylic acids is 1. The minimum absolute atomic E-state index is 0.0681. The molecule has 1 saturated carbocycles. The Morgan fingerprint density at radius 2 is 1.90 bits per heavy atom. The van der Waals surface area contributed by atoms with Crippen LogP contribution in [0.5, 0.6) is 0 Å².